The summed E-state index contributed by atoms with van der Waals surface area (Å²) in [6.07, 6.45) is 5.05. The van der Waals surface area contributed by atoms with E-state index in [1.807, 2.05) is 30.3 Å². The fraction of sp³-hybridized carbons (Fsp3) is 0.294. The fourth-order valence-electron chi connectivity index (χ4n) is 2.82. The molecule has 3 rings (SSSR count). The first kappa shape index (κ1) is 12.9. The van der Waals surface area contributed by atoms with E-state index < -0.39 is 0 Å². The molecule has 0 radical (unpaired) electrons. The molecule has 1 aliphatic rings. The summed E-state index contributed by atoms with van der Waals surface area (Å²) in [7, 11) is 0. The van der Waals surface area contributed by atoms with E-state index >= 15 is 0 Å². The molecule has 0 saturated carbocycles. The minimum absolute atomic E-state index is 0.0737. The van der Waals surface area contributed by atoms with Gasteiger partial charge < -0.3 is 5.32 Å². The first-order valence-corrected chi connectivity index (χ1v) is 6.88. The van der Waals surface area contributed by atoms with Gasteiger partial charge in [-0.3, -0.25) is 9.78 Å². The number of fused-ring (bicyclic) bond motifs is 1. The van der Waals surface area contributed by atoms with E-state index in [9.17, 15) is 4.79 Å². The van der Waals surface area contributed by atoms with Crippen LogP contribution in [-0.2, 0) is 4.79 Å². The second kappa shape index (κ2) is 4.75. The van der Waals surface area contributed by atoms with Crippen molar-refractivity contribution in [2.75, 3.05) is 5.32 Å². The summed E-state index contributed by atoms with van der Waals surface area (Å²) < 4.78 is 0. The minimum atomic E-state index is -0.0737. The molecule has 1 aliphatic carbocycles. The maximum absolute atomic E-state index is 11.8. The van der Waals surface area contributed by atoms with Crippen LogP contribution in [0.2, 0.25) is 0 Å². The number of anilines is 1. The van der Waals surface area contributed by atoms with Crippen molar-refractivity contribution in [1.82, 2.24) is 4.98 Å². The highest BCUT2D eigenvalue weighted by Gasteiger charge is 2.26. The van der Waals surface area contributed by atoms with Crippen LogP contribution in [0.3, 0.4) is 0 Å². The van der Waals surface area contributed by atoms with Crippen LogP contribution in [0.4, 0.5) is 5.69 Å². The minimum Gasteiger partial charge on any atom is -0.357 e. The van der Waals surface area contributed by atoms with Gasteiger partial charge >= 0.3 is 0 Å². The Labute approximate surface area is 118 Å². The molecule has 0 spiro atoms. The van der Waals surface area contributed by atoms with Crippen molar-refractivity contribution in [3.05, 3.63) is 48.3 Å². The summed E-state index contributed by atoms with van der Waals surface area (Å²) in [4.78, 5) is 16.3. The Balaban J connectivity index is 1.98. The van der Waals surface area contributed by atoms with E-state index in [0.717, 1.165) is 22.3 Å². The molecule has 1 N–H and O–H groups in total. The van der Waals surface area contributed by atoms with Gasteiger partial charge in [0.25, 0.3) is 0 Å². The topological polar surface area (TPSA) is 42.0 Å². The Kier molecular flexibility index (Phi) is 3.05. The van der Waals surface area contributed by atoms with Crippen LogP contribution in [-0.4, -0.2) is 10.8 Å². The number of rotatable bonds is 2. The lowest BCUT2D eigenvalue weighted by atomic mass is 9.81. The number of carbonyl (C=O) groups excluding carboxylic acids is 1. The lowest BCUT2D eigenvalue weighted by Crippen LogP contribution is -2.23. The normalized spacial score (nSPS) is 17.9. The van der Waals surface area contributed by atoms with Gasteiger partial charge in [-0.25, -0.2) is 0 Å². The van der Waals surface area contributed by atoms with Crippen molar-refractivity contribution < 1.29 is 4.79 Å². The van der Waals surface area contributed by atoms with E-state index in [2.05, 4.69) is 30.2 Å². The average molecular weight is 266 g/mol. The smallest absolute Gasteiger partial charge is 0.139 e. The summed E-state index contributed by atoms with van der Waals surface area (Å²) in [5.41, 5.74) is 2.80. The Morgan fingerprint density at radius 1 is 1.20 bits per heavy atom. The first-order valence-electron chi connectivity index (χ1n) is 6.88. The standard InChI is InChI=1S/C17H18N2O/c1-17(2)10-13(9-14(20)11-17)19-15-7-3-5-12-6-4-8-18-16(12)15/h3-8,10,19H,9,11H2,1-2H3. The zero-order valence-electron chi connectivity index (χ0n) is 11.8. The molecular weight excluding hydrogens is 248 g/mol. The molecule has 20 heavy (non-hydrogen) atoms. The molecule has 1 heterocycles. The number of carbonyl (C=O) groups is 1. The zero-order chi connectivity index (χ0) is 14.2. The zero-order valence-corrected chi connectivity index (χ0v) is 11.8. The van der Waals surface area contributed by atoms with Crippen molar-refractivity contribution >= 4 is 22.4 Å². The highest BCUT2D eigenvalue weighted by Crippen LogP contribution is 2.32. The molecule has 0 fully saturated rings. The second-order valence-electron chi connectivity index (χ2n) is 6.06. The van der Waals surface area contributed by atoms with Crippen LogP contribution >= 0.6 is 0 Å². The van der Waals surface area contributed by atoms with Crippen LogP contribution in [0, 0.1) is 5.41 Å². The second-order valence-corrected chi connectivity index (χ2v) is 6.06. The predicted molar refractivity (Wildman–Crippen MR) is 81.5 cm³/mol. The SMILES string of the molecule is CC1(C)C=C(Nc2cccc3cccnc23)CC(=O)C1. The number of aromatic nitrogens is 1. The van der Waals surface area contributed by atoms with E-state index in [4.69, 9.17) is 0 Å². The molecule has 0 unspecified atom stereocenters. The van der Waals surface area contributed by atoms with Crippen LogP contribution in [0.5, 0.6) is 0 Å². The largest absolute Gasteiger partial charge is 0.357 e. The number of nitrogens with one attached hydrogen (secondary N) is 1. The molecule has 0 amide bonds. The molecule has 1 aromatic heterocycles. The molecule has 2 aromatic rings. The van der Waals surface area contributed by atoms with Gasteiger partial charge in [0.15, 0.2) is 0 Å². The van der Waals surface area contributed by atoms with Gasteiger partial charge in [0, 0.05) is 30.1 Å². The molecule has 0 saturated heterocycles. The number of benzene rings is 1. The van der Waals surface area contributed by atoms with Crippen LogP contribution in [0.1, 0.15) is 26.7 Å². The molecule has 102 valence electrons. The molecule has 0 aliphatic heterocycles. The summed E-state index contributed by atoms with van der Waals surface area (Å²) in [5, 5.41) is 4.48. The van der Waals surface area contributed by atoms with E-state index in [1.165, 1.54) is 0 Å². The van der Waals surface area contributed by atoms with Gasteiger partial charge in [0.05, 0.1) is 11.2 Å². The van der Waals surface area contributed by atoms with Crippen molar-refractivity contribution in [2.45, 2.75) is 26.7 Å². The third kappa shape index (κ3) is 2.57. The molecule has 3 nitrogen and oxygen atoms in total. The van der Waals surface area contributed by atoms with Gasteiger partial charge in [-0.2, -0.15) is 0 Å². The van der Waals surface area contributed by atoms with Gasteiger partial charge in [0.2, 0.25) is 0 Å². The van der Waals surface area contributed by atoms with Crippen molar-refractivity contribution in [2.24, 2.45) is 5.41 Å². The van der Waals surface area contributed by atoms with Gasteiger partial charge in [-0.1, -0.05) is 38.1 Å². The summed E-state index contributed by atoms with van der Waals surface area (Å²) in [6.45, 7) is 4.18. The number of ketones is 1. The lowest BCUT2D eigenvalue weighted by molar-refractivity contribution is -0.120. The lowest BCUT2D eigenvalue weighted by Gasteiger charge is -2.27. The summed E-state index contributed by atoms with van der Waals surface area (Å²) in [5.74, 6) is 0.285. The average Bonchev–Trinajstić information content (AvgIpc) is 2.37. The van der Waals surface area contributed by atoms with Crippen LogP contribution in [0.15, 0.2) is 48.3 Å². The molecule has 3 heteroatoms. The molecular formula is C17H18N2O. The summed E-state index contributed by atoms with van der Waals surface area (Å²) in [6, 6.07) is 10.0. The van der Waals surface area contributed by atoms with Gasteiger partial charge in [-0.05, 0) is 17.5 Å². The number of hydrogen-bond donors (Lipinski definition) is 1. The third-order valence-electron chi connectivity index (χ3n) is 3.53. The number of para-hydroxylation sites is 1. The maximum Gasteiger partial charge on any atom is 0.139 e. The van der Waals surface area contributed by atoms with Crippen molar-refractivity contribution in [3.8, 4) is 0 Å². The van der Waals surface area contributed by atoms with Gasteiger partial charge in [0.1, 0.15) is 5.78 Å². The Morgan fingerprint density at radius 3 is 2.80 bits per heavy atom. The number of nitrogens with zero attached hydrogens (tertiary/aromatic N) is 1. The number of allylic oxidation sites excluding steroid dienone is 2. The monoisotopic (exact) mass is 266 g/mol. The highest BCUT2D eigenvalue weighted by molar-refractivity contribution is 5.92. The molecule has 1 aromatic carbocycles. The van der Waals surface area contributed by atoms with E-state index in [-0.39, 0.29) is 11.2 Å². The Hall–Kier alpha value is -2.16. The van der Waals surface area contributed by atoms with E-state index in [0.29, 0.717) is 12.8 Å². The number of pyridine rings is 1. The fourth-order valence-corrected chi connectivity index (χ4v) is 2.82. The maximum atomic E-state index is 11.8. The van der Waals surface area contributed by atoms with Crippen LogP contribution in [0.25, 0.3) is 10.9 Å². The molecule has 0 bridgehead atoms. The summed E-state index contributed by atoms with van der Waals surface area (Å²) >= 11 is 0. The first-order chi connectivity index (χ1) is 9.53. The third-order valence-corrected chi connectivity index (χ3v) is 3.53. The highest BCUT2D eigenvalue weighted by atomic mass is 16.1. The number of hydrogen-bond acceptors (Lipinski definition) is 3. The Morgan fingerprint density at radius 2 is 2.00 bits per heavy atom. The van der Waals surface area contributed by atoms with Gasteiger partial charge in [-0.15, -0.1) is 0 Å². The number of Topliss-reactive ketones (excluding diaryl/α,β-unsaturated/α-hetero) is 1. The van der Waals surface area contributed by atoms with E-state index in [1.54, 1.807) is 6.20 Å². The quantitative estimate of drug-likeness (QED) is 0.895. The van der Waals surface area contributed by atoms with Crippen LogP contribution < -0.4 is 5.32 Å². The Bertz CT molecular complexity index is 696. The molecule has 0 atom stereocenters. The predicted octanol–water partition coefficient (Wildman–Crippen LogP) is 3.92. The van der Waals surface area contributed by atoms with Crippen molar-refractivity contribution in [3.63, 3.8) is 0 Å². The van der Waals surface area contributed by atoms with Crippen molar-refractivity contribution in [1.29, 1.82) is 0 Å².